The van der Waals surface area contributed by atoms with Crippen LogP contribution >= 0.6 is 15.9 Å². The molecule has 4 aromatic rings. The Hall–Kier alpha value is -3.75. The molecule has 2 N–H and O–H groups in total. The molecular formula is C37H42BrFN6O4Si. The first-order valence-electron chi connectivity index (χ1n) is 17.2. The van der Waals surface area contributed by atoms with Gasteiger partial charge in [0.25, 0.3) is 5.91 Å². The van der Waals surface area contributed by atoms with Gasteiger partial charge in [0.2, 0.25) is 14.3 Å². The number of rotatable bonds is 10. The van der Waals surface area contributed by atoms with E-state index in [4.69, 9.17) is 4.74 Å². The lowest BCUT2D eigenvalue weighted by Gasteiger charge is -2.31. The van der Waals surface area contributed by atoms with Crippen LogP contribution in [0.2, 0.25) is 18.6 Å². The zero-order chi connectivity index (χ0) is 35.2. The highest BCUT2D eigenvalue weighted by Gasteiger charge is 2.66. The van der Waals surface area contributed by atoms with Gasteiger partial charge in [0, 0.05) is 53.0 Å². The Morgan fingerprint density at radius 1 is 1.12 bits per heavy atom. The van der Waals surface area contributed by atoms with Crippen molar-refractivity contribution in [2.75, 3.05) is 36.0 Å². The summed E-state index contributed by atoms with van der Waals surface area (Å²) in [5, 5.41) is 21.9. The summed E-state index contributed by atoms with van der Waals surface area (Å²) in [7, 11) is -3.36. The number of aliphatic hydroxyl groups is 1. The van der Waals surface area contributed by atoms with E-state index >= 15 is 4.11 Å². The number of aromatic nitrogens is 3. The largest absolute Gasteiger partial charge is 0.395 e. The number of benzene rings is 3. The number of aryl methyl sites for hydroxylation is 1. The highest BCUT2D eigenvalue weighted by Crippen LogP contribution is 2.60. The highest BCUT2D eigenvalue weighted by atomic mass is 79.9. The van der Waals surface area contributed by atoms with Gasteiger partial charge in [-0.3, -0.25) is 14.3 Å². The first kappa shape index (κ1) is 34.7. The minimum Gasteiger partial charge on any atom is -0.395 e. The number of carbonyl (C=O) groups excluding carboxylic acids is 2. The number of fused-ring (bicyclic) bond motifs is 2. The minimum absolute atomic E-state index is 0.0294. The second-order valence-electron chi connectivity index (χ2n) is 14.1. The van der Waals surface area contributed by atoms with Crippen molar-refractivity contribution in [2.45, 2.75) is 62.7 Å². The topological polar surface area (TPSA) is 113 Å². The Bertz CT molecular complexity index is 1870. The second-order valence-corrected chi connectivity index (χ2v) is 18.8. The van der Waals surface area contributed by atoms with Crippen LogP contribution in [-0.2, 0) is 33.0 Å². The monoisotopic (exact) mass is 760 g/mol. The molecule has 1 spiro atoms. The summed E-state index contributed by atoms with van der Waals surface area (Å²) in [6.07, 6.45) is 1.74. The van der Waals surface area contributed by atoms with Gasteiger partial charge in [-0.1, -0.05) is 70.5 Å². The average Bonchev–Trinajstić information content (AvgIpc) is 3.75. The predicted molar refractivity (Wildman–Crippen MR) is 195 cm³/mol. The average molecular weight is 762 g/mol. The van der Waals surface area contributed by atoms with Gasteiger partial charge in [0.05, 0.1) is 43.1 Å². The number of nitrogens with zero attached hydrogens (tertiary/aromatic N) is 5. The van der Waals surface area contributed by atoms with E-state index in [9.17, 15) is 14.7 Å². The summed E-state index contributed by atoms with van der Waals surface area (Å²) in [4.78, 5) is 30.7. The van der Waals surface area contributed by atoms with Crippen LogP contribution in [-0.4, -0.2) is 72.7 Å². The molecular weight excluding hydrogens is 719 g/mol. The summed E-state index contributed by atoms with van der Waals surface area (Å²) < 4.78 is 25.8. The van der Waals surface area contributed by atoms with E-state index in [0.717, 1.165) is 39.1 Å². The molecule has 7 rings (SSSR count). The maximum atomic E-state index is 16.4. The molecule has 3 aliphatic heterocycles. The molecule has 13 heteroatoms. The van der Waals surface area contributed by atoms with Gasteiger partial charge in [-0.05, 0) is 61.0 Å². The van der Waals surface area contributed by atoms with Gasteiger partial charge in [-0.15, -0.1) is 5.10 Å². The Morgan fingerprint density at radius 2 is 1.88 bits per heavy atom. The number of carbonyl (C=O) groups is 2. The number of halogens is 2. The van der Waals surface area contributed by atoms with E-state index in [-0.39, 0.29) is 24.3 Å². The normalized spacial score (nSPS) is 24.3. The molecule has 0 aliphatic carbocycles. The van der Waals surface area contributed by atoms with Crippen molar-refractivity contribution in [3.05, 3.63) is 106 Å². The number of hydrogen-bond donors (Lipinski definition) is 2. The smallest absolute Gasteiger partial charge is 0.264 e. The molecule has 0 bridgehead atoms. The van der Waals surface area contributed by atoms with Crippen LogP contribution in [0.25, 0.3) is 0 Å². The zero-order valence-electron chi connectivity index (χ0n) is 28.4. The van der Waals surface area contributed by atoms with Crippen molar-refractivity contribution in [3.63, 3.8) is 0 Å². The van der Waals surface area contributed by atoms with Crippen molar-refractivity contribution in [3.8, 4) is 0 Å². The van der Waals surface area contributed by atoms with E-state index in [1.54, 1.807) is 27.6 Å². The zero-order valence-corrected chi connectivity index (χ0v) is 31.0. The molecule has 0 radical (unpaired) electrons. The van der Waals surface area contributed by atoms with Crippen LogP contribution in [0.1, 0.15) is 41.6 Å². The molecule has 1 unspecified atom stereocenters. The van der Waals surface area contributed by atoms with E-state index in [1.165, 1.54) is 0 Å². The van der Waals surface area contributed by atoms with Crippen molar-refractivity contribution >= 4 is 47.5 Å². The molecule has 4 heterocycles. The molecule has 5 atom stereocenters. The Morgan fingerprint density at radius 3 is 2.58 bits per heavy atom. The number of ether oxygens (including phenoxy) is 1. The van der Waals surface area contributed by atoms with Gasteiger partial charge in [0.1, 0.15) is 0 Å². The lowest BCUT2D eigenvalue weighted by molar-refractivity contribution is -0.146. The van der Waals surface area contributed by atoms with Crippen LogP contribution < -0.4 is 15.1 Å². The summed E-state index contributed by atoms with van der Waals surface area (Å²) in [6.45, 7) is 7.64. The molecule has 3 aromatic carbocycles. The maximum absolute atomic E-state index is 16.4. The van der Waals surface area contributed by atoms with E-state index < -0.39 is 31.6 Å². The predicted octanol–water partition coefficient (Wildman–Crippen LogP) is 5.51. The number of nitrogens with one attached hydrogen (secondary N) is 1. The third kappa shape index (κ3) is 6.23. The quantitative estimate of drug-likeness (QED) is 0.162. The highest BCUT2D eigenvalue weighted by molar-refractivity contribution is 9.10. The number of amides is 2. The van der Waals surface area contributed by atoms with Gasteiger partial charge in [-0.25, -0.2) is 0 Å². The summed E-state index contributed by atoms with van der Waals surface area (Å²) >= 11 is 3.62. The third-order valence-electron chi connectivity index (χ3n) is 10.5. The van der Waals surface area contributed by atoms with E-state index in [0.29, 0.717) is 38.3 Å². The summed E-state index contributed by atoms with van der Waals surface area (Å²) in [5.74, 6) is -0.892. The fraction of sp³-hybridized carbons (Fsp3) is 0.405. The molecule has 10 nitrogen and oxygen atoms in total. The molecule has 2 amide bonds. The number of anilines is 2. The van der Waals surface area contributed by atoms with Crippen molar-refractivity contribution in [2.24, 2.45) is 5.92 Å². The molecule has 0 saturated carbocycles. The van der Waals surface area contributed by atoms with Crippen LogP contribution in [0.4, 0.5) is 15.5 Å². The maximum Gasteiger partial charge on any atom is 0.264 e. The molecule has 262 valence electrons. The first-order chi connectivity index (χ1) is 24.0. The summed E-state index contributed by atoms with van der Waals surface area (Å²) in [5.41, 5.74) is 3.04. The fourth-order valence-corrected chi connectivity index (χ4v) is 11.1. The minimum atomic E-state index is -3.36. The van der Waals surface area contributed by atoms with Crippen LogP contribution in [0.5, 0.6) is 0 Å². The lowest BCUT2D eigenvalue weighted by Crippen LogP contribution is -2.48. The van der Waals surface area contributed by atoms with E-state index in [1.807, 2.05) is 85.9 Å². The number of hydrogen-bond acceptors (Lipinski definition) is 7. The Balaban J connectivity index is 1.15. The molecule has 1 aromatic heterocycles. The molecule has 2 saturated heterocycles. The molecule has 2 fully saturated rings. The SMILES string of the molecule is C[C@@H]1[C@@H]([Si](C)(C)F)[C@H](CCn2cc(C(CO)c3ccccc3)nn2)O[C@@]12C(=O)N(Cc1ccc(N3CCNCC3=O)cc1)c1ccc(Br)cc12. The van der Waals surface area contributed by atoms with Gasteiger partial charge in [0.15, 0.2) is 5.60 Å². The van der Waals surface area contributed by atoms with Crippen LogP contribution in [0.15, 0.2) is 83.5 Å². The third-order valence-corrected chi connectivity index (χ3v) is 13.5. The van der Waals surface area contributed by atoms with Crippen molar-refractivity contribution in [1.82, 2.24) is 20.3 Å². The van der Waals surface area contributed by atoms with Crippen molar-refractivity contribution < 1.29 is 23.5 Å². The first-order valence-corrected chi connectivity index (χ1v) is 20.9. The van der Waals surface area contributed by atoms with Crippen LogP contribution in [0, 0.1) is 5.92 Å². The van der Waals surface area contributed by atoms with Gasteiger partial charge >= 0.3 is 0 Å². The Labute approximate surface area is 300 Å². The lowest BCUT2D eigenvalue weighted by atomic mass is 9.82. The standard InChI is InChI=1S/C37H42BrFN6O4Si/c1-24-35(50(2,3)39)33(15-17-43-22-31(41-42-43)29(23-46)26-7-5-4-6-8-26)49-37(24)30-19-27(38)11-14-32(30)45(36(37)48)21-25-9-12-28(13-10-25)44-18-16-40-20-34(44)47/h4-14,19,22,24,29,33,35,40,46H,15-18,20-21,23H2,1-3H3/t24-,29?,33+,35-,37+/m1/s1. The fourth-order valence-electron chi connectivity index (χ4n) is 8.19. The number of aliphatic hydroxyl groups excluding tert-OH is 1. The van der Waals surface area contributed by atoms with E-state index in [2.05, 4.69) is 31.6 Å². The Kier molecular flexibility index (Phi) is 9.54. The van der Waals surface area contributed by atoms with Crippen molar-refractivity contribution in [1.29, 1.82) is 0 Å². The molecule has 50 heavy (non-hydrogen) atoms. The van der Waals surface area contributed by atoms with Crippen LogP contribution in [0.3, 0.4) is 0 Å². The summed E-state index contributed by atoms with van der Waals surface area (Å²) in [6, 6.07) is 23.2. The van der Waals surface area contributed by atoms with Gasteiger partial charge in [-0.2, -0.15) is 0 Å². The molecule has 3 aliphatic rings. The number of piperazine rings is 1. The second kappa shape index (κ2) is 13.8. The van der Waals surface area contributed by atoms with Gasteiger partial charge < -0.3 is 29.1 Å².